The maximum absolute atomic E-state index is 11.7. The van der Waals surface area contributed by atoms with E-state index in [-0.39, 0.29) is 11.7 Å². The molecule has 1 saturated heterocycles. The van der Waals surface area contributed by atoms with Gasteiger partial charge in [0.1, 0.15) is 0 Å². The Bertz CT molecular complexity index is 478. The van der Waals surface area contributed by atoms with Gasteiger partial charge in [0.25, 0.3) is 0 Å². The summed E-state index contributed by atoms with van der Waals surface area (Å²) in [4.78, 5) is 13.5. The third-order valence-electron chi connectivity index (χ3n) is 4.11. The second-order valence-corrected chi connectivity index (χ2v) is 5.13. The van der Waals surface area contributed by atoms with E-state index in [1.807, 2.05) is 6.92 Å². The quantitative estimate of drug-likeness (QED) is 0.780. The maximum atomic E-state index is 11.7. The monoisotopic (exact) mass is 261 g/mol. The molecular formula is C15H19NO3. The Labute approximate surface area is 113 Å². The van der Waals surface area contributed by atoms with E-state index in [1.165, 1.54) is 11.1 Å². The number of carbonyl (C=O) groups is 1. The molecule has 4 heteroatoms. The van der Waals surface area contributed by atoms with Gasteiger partial charge in [0, 0.05) is 13.1 Å². The van der Waals surface area contributed by atoms with E-state index in [2.05, 4.69) is 24.3 Å². The van der Waals surface area contributed by atoms with Gasteiger partial charge in [-0.2, -0.15) is 0 Å². The fourth-order valence-electron chi connectivity index (χ4n) is 3.06. The first-order valence-electron chi connectivity index (χ1n) is 6.89. The predicted molar refractivity (Wildman–Crippen MR) is 70.7 cm³/mol. The molecule has 0 radical (unpaired) electrons. The Hall–Kier alpha value is -1.55. The Morgan fingerprint density at radius 1 is 1.37 bits per heavy atom. The van der Waals surface area contributed by atoms with Gasteiger partial charge in [0.15, 0.2) is 0 Å². The highest BCUT2D eigenvalue weighted by molar-refractivity contribution is 5.67. The molecule has 1 aromatic rings. The average molecular weight is 261 g/mol. The molecule has 2 heterocycles. The summed E-state index contributed by atoms with van der Waals surface area (Å²) in [7, 11) is 0. The number of hydrogen-bond acceptors (Lipinski definition) is 3. The molecule has 0 aromatic heterocycles. The molecule has 2 aliphatic rings. The van der Waals surface area contributed by atoms with Gasteiger partial charge in [-0.3, -0.25) is 0 Å². The highest BCUT2D eigenvalue weighted by Crippen LogP contribution is 2.43. The predicted octanol–water partition coefficient (Wildman–Crippen LogP) is 2.66. The van der Waals surface area contributed by atoms with Crippen molar-refractivity contribution in [3.05, 3.63) is 35.4 Å². The van der Waals surface area contributed by atoms with Crippen molar-refractivity contribution >= 4 is 6.09 Å². The Morgan fingerprint density at radius 2 is 2.11 bits per heavy atom. The van der Waals surface area contributed by atoms with Crippen LogP contribution in [0.15, 0.2) is 24.3 Å². The number of rotatable bonds is 1. The van der Waals surface area contributed by atoms with Crippen LogP contribution in [0.25, 0.3) is 0 Å². The van der Waals surface area contributed by atoms with Crippen LogP contribution in [-0.2, 0) is 21.7 Å². The van der Waals surface area contributed by atoms with Crippen LogP contribution in [0.4, 0.5) is 4.79 Å². The summed E-state index contributed by atoms with van der Waals surface area (Å²) in [5.74, 6) is 0. The molecule has 0 bridgehead atoms. The van der Waals surface area contributed by atoms with Gasteiger partial charge in [-0.05, 0) is 30.9 Å². The number of carbonyl (C=O) groups excluding carboxylic acids is 1. The van der Waals surface area contributed by atoms with Crippen molar-refractivity contribution in [3.8, 4) is 0 Å². The molecule has 0 unspecified atom stereocenters. The van der Waals surface area contributed by atoms with Gasteiger partial charge in [0.2, 0.25) is 0 Å². The number of benzene rings is 1. The SMILES string of the molecule is CCOC(=O)N1CCC2(CC1)OCc1ccccc12. The molecule has 4 nitrogen and oxygen atoms in total. The van der Waals surface area contributed by atoms with Crippen LogP contribution < -0.4 is 0 Å². The number of piperidine rings is 1. The number of ether oxygens (including phenoxy) is 2. The molecule has 2 aliphatic heterocycles. The minimum Gasteiger partial charge on any atom is -0.450 e. The van der Waals surface area contributed by atoms with E-state index >= 15 is 0 Å². The van der Waals surface area contributed by atoms with E-state index in [0.29, 0.717) is 26.3 Å². The van der Waals surface area contributed by atoms with Gasteiger partial charge in [-0.15, -0.1) is 0 Å². The van der Waals surface area contributed by atoms with Crippen molar-refractivity contribution in [1.82, 2.24) is 4.90 Å². The van der Waals surface area contributed by atoms with Gasteiger partial charge >= 0.3 is 6.09 Å². The van der Waals surface area contributed by atoms with Crippen LogP contribution in [0.2, 0.25) is 0 Å². The van der Waals surface area contributed by atoms with Crippen LogP contribution in [0.1, 0.15) is 30.9 Å². The molecule has 102 valence electrons. The maximum Gasteiger partial charge on any atom is 0.409 e. The van der Waals surface area contributed by atoms with Crippen LogP contribution in [0, 0.1) is 0 Å². The van der Waals surface area contributed by atoms with Gasteiger partial charge in [-0.25, -0.2) is 4.79 Å². The minimum atomic E-state index is -0.205. The minimum absolute atomic E-state index is 0.181. The highest BCUT2D eigenvalue weighted by atomic mass is 16.6. The summed E-state index contributed by atoms with van der Waals surface area (Å²) in [5.41, 5.74) is 2.41. The van der Waals surface area contributed by atoms with E-state index in [0.717, 1.165) is 12.8 Å². The molecular weight excluding hydrogens is 242 g/mol. The second-order valence-electron chi connectivity index (χ2n) is 5.13. The van der Waals surface area contributed by atoms with Crippen molar-refractivity contribution in [1.29, 1.82) is 0 Å². The lowest BCUT2D eigenvalue weighted by molar-refractivity contribution is -0.0762. The molecule has 1 amide bonds. The van der Waals surface area contributed by atoms with Crippen molar-refractivity contribution in [2.75, 3.05) is 19.7 Å². The van der Waals surface area contributed by atoms with Crippen molar-refractivity contribution in [3.63, 3.8) is 0 Å². The molecule has 3 rings (SSSR count). The number of fused-ring (bicyclic) bond motifs is 2. The topological polar surface area (TPSA) is 38.8 Å². The van der Waals surface area contributed by atoms with Gasteiger partial charge in [0.05, 0.1) is 18.8 Å². The van der Waals surface area contributed by atoms with Gasteiger partial charge < -0.3 is 14.4 Å². The lowest BCUT2D eigenvalue weighted by Crippen LogP contribution is -2.45. The molecule has 0 aliphatic carbocycles. The molecule has 1 aromatic carbocycles. The number of nitrogens with zero attached hydrogens (tertiary/aromatic N) is 1. The summed E-state index contributed by atoms with van der Waals surface area (Å²) in [5, 5.41) is 0. The highest BCUT2D eigenvalue weighted by Gasteiger charge is 2.43. The summed E-state index contributed by atoms with van der Waals surface area (Å²) < 4.78 is 11.1. The molecule has 0 atom stereocenters. The number of hydrogen-bond donors (Lipinski definition) is 0. The van der Waals surface area contributed by atoms with E-state index in [4.69, 9.17) is 9.47 Å². The first-order valence-corrected chi connectivity index (χ1v) is 6.89. The first kappa shape index (κ1) is 12.5. The molecule has 0 N–H and O–H groups in total. The molecule has 0 saturated carbocycles. The van der Waals surface area contributed by atoms with E-state index in [9.17, 15) is 4.79 Å². The number of amides is 1. The standard InChI is InChI=1S/C15H19NO3/c1-2-18-14(17)16-9-7-15(8-10-16)13-6-4-3-5-12(13)11-19-15/h3-6H,2,7-11H2,1H3. The average Bonchev–Trinajstić information content (AvgIpc) is 2.80. The van der Waals surface area contributed by atoms with Crippen molar-refractivity contribution in [2.24, 2.45) is 0 Å². The third kappa shape index (κ3) is 2.10. The van der Waals surface area contributed by atoms with Crippen LogP contribution in [0.5, 0.6) is 0 Å². The van der Waals surface area contributed by atoms with Gasteiger partial charge in [-0.1, -0.05) is 24.3 Å². The molecule has 1 fully saturated rings. The normalized spacial score (nSPS) is 20.4. The lowest BCUT2D eigenvalue weighted by atomic mass is 9.84. The van der Waals surface area contributed by atoms with Crippen LogP contribution >= 0.6 is 0 Å². The van der Waals surface area contributed by atoms with Crippen LogP contribution in [0.3, 0.4) is 0 Å². The first-order chi connectivity index (χ1) is 9.25. The van der Waals surface area contributed by atoms with E-state index in [1.54, 1.807) is 4.90 Å². The van der Waals surface area contributed by atoms with Crippen LogP contribution in [-0.4, -0.2) is 30.7 Å². The van der Waals surface area contributed by atoms with E-state index < -0.39 is 0 Å². The zero-order valence-electron chi connectivity index (χ0n) is 11.2. The summed E-state index contributed by atoms with van der Waals surface area (Å²) in [6.45, 7) is 4.36. The molecule has 19 heavy (non-hydrogen) atoms. The Balaban J connectivity index is 1.72. The smallest absolute Gasteiger partial charge is 0.409 e. The lowest BCUT2D eigenvalue weighted by Gasteiger charge is -2.38. The third-order valence-corrected chi connectivity index (χ3v) is 4.11. The fraction of sp³-hybridized carbons (Fsp3) is 0.533. The van der Waals surface area contributed by atoms with Crippen molar-refractivity contribution in [2.45, 2.75) is 32.0 Å². The zero-order valence-corrected chi connectivity index (χ0v) is 11.2. The Morgan fingerprint density at radius 3 is 2.84 bits per heavy atom. The molecule has 1 spiro atoms. The van der Waals surface area contributed by atoms with Crippen molar-refractivity contribution < 1.29 is 14.3 Å². The summed E-state index contributed by atoms with van der Waals surface area (Å²) in [6, 6.07) is 8.39. The summed E-state index contributed by atoms with van der Waals surface area (Å²) in [6.07, 6.45) is 1.50. The zero-order chi connectivity index (χ0) is 13.3. The number of likely N-dealkylation sites (tertiary alicyclic amines) is 1. The Kier molecular flexibility index (Phi) is 3.19. The summed E-state index contributed by atoms with van der Waals surface area (Å²) >= 11 is 0. The largest absolute Gasteiger partial charge is 0.450 e. The second kappa shape index (κ2) is 4.85. The fourth-order valence-corrected chi connectivity index (χ4v) is 3.06.